The number of nitrogens with zero attached hydrogens (tertiary/aromatic N) is 1. The first-order valence-corrected chi connectivity index (χ1v) is 13.0. The summed E-state index contributed by atoms with van der Waals surface area (Å²) in [5, 5.41) is 19.0. The largest absolute Gasteiger partial charge is 0.478 e. The van der Waals surface area contributed by atoms with Crippen molar-refractivity contribution in [3.8, 4) is 11.1 Å². The van der Waals surface area contributed by atoms with Crippen LogP contribution in [-0.2, 0) is 0 Å². The van der Waals surface area contributed by atoms with Crippen LogP contribution in [0, 0.1) is 10.8 Å². The van der Waals surface area contributed by atoms with Crippen LogP contribution in [0.25, 0.3) is 16.7 Å². The predicted octanol–water partition coefficient (Wildman–Crippen LogP) is 6.65. The summed E-state index contributed by atoms with van der Waals surface area (Å²) >= 11 is 0. The van der Waals surface area contributed by atoms with Gasteiger partial charge in [0.25, 0.3) is 5.91 Å². The number of allylic oxidation sites excluding steroid dienone is 2. The third kappa shape index (κ3) is 4.56. The molecule has 5 rings (SSSR count). The number of hydrogen-bond acceptors (Lipinski definition) is 3. The maximum Gasteiger partial charge on any atom is 0.336 e. The lowest BCUT2D eigenvalue weighted by Gasteiger charge is -2.50. The van der Waals surface area contributed by atoms with Gasteiger partial charge in [0.1, 0.15) is 0 Å². The van der Waals surface area contributed by atoms with Crippen molar-refractivity contribution in [1.82, 2.24) is 4.90 Å². The SMILES string of the molecule is CC1(C)C(c2ccc(C(=O)O)cc2)=CC[C@]2(C)CN(C(=O)c3ccccc3-c3ccccc3C(=O)O)CC=C12. The molecular formula is C33H31NO5. The van der Waals surface area contributed by atoms with Crippen LogP contribution in [0.2, 0.25) is 0 Å². The molecule has 6 heteroatoms. The molecule has 0 fully saturated rings. The topological polar surface area (TPSA) is 94.9 Å². The fourth-order valence-electron chi connectivity index (χ4n) is 6.34. The van der Waals surface area contributed by atoms with Gasteiger partial charge >= 0.3 is 11.9 Å². The van der Waals surface area contributed by atoms with Crippen LogP contribution in [-0.4, -0.2) is 46.0 Å². The Morgan fingerprint density at radius 3 is 1.95 bits per heavy atom. The van der Waals surface area contributed by atoms with E-state index in [1.165, 1.54) is 5.57 Å². The quantitative estimate of drug-likeness (QED) is 0.367. The fourth-order valence-corrected chi connectivity index (χ4v) is 6.34. The van der Waals surface area contributed by atoms with Gasteiger partial charge in [-0.3, -0.25) is 4.79 Å². The molecule has 0 radical (unpaired) electrons. The highest BCUT2D eigenvalue weighted by atomic mass is 16.4. The van der Waals surface area contributed by atoms with Crippen molar-refractivity contribution in [2.24, 2.45) is 10.8 Å². The average Bonchev–Trinajstić information content (AvgIpc) is 2.92. The Morgan fingerprint density at radius 1 is 0.744 bits per heavy atom. The van der Waals surface area contributed by atoms with E-state index in [9.17, 15) is 24.6 Å². The minimum atomic E-state index is -1.03. The molecule has 1 heterocycles. The Balaban J connectivity index is 1.46. The van der Waals surface area contributed by atoms with Gasteiger partial charge in [-0.2, -0.15) is 0 Å². The zero-order valence-corrected chi connectivity index (χ0v) is 22.3. The summed E-state index contributed by atoms with van der Waals surface area (Å²) in [5.74, 6) is -2.10. The second kappa shape index (κ2) is 9.70. The van der Waals surface area contributed by atoms with Crippen molar-refractivity contribution >= 4 is 23.4 Å². The van der Waals surface area contributed by atoms with Gasteiger partial charge in [-0.05, 0) is 52.9 Å². The number of rotatable bonds is 5. The fraction of sp³-hybridized carbons (Fsp3) is 0.242. The number of benzene rings is 3. The lowest BCUT2D eigenvalue weighted by Crippen LogP contribution is -2.48. The normalized spacial score (nSPS) is 19.9. The highest BCUT2D eigenvalue weighted by molar-refractivity contribution is 6.04. The second-order valence-electron chi connectivity index (χ2n) is 11.1. The van der Waals surface area contributed by atoms with Gasteiger partial charge in [-0.15, -0.1) is 0 Å². The van der Waals surface area contributed by atoms with Crippen LogP contribution in [0.1, 0.15) is 63.8 Å². The molecule has 1 amide bonds. The summed E-state index contributed by atoms with van der Waals surface area (Å²) < 4.78 is 0. The molecule has 0 unspecified atom stereocenters. The van der Waals surface area contributed by atoms with E-state index in [-0.39, 0.29) is 27.9 Å². The zero-order valence-electron chi connectivity index (χ0n) is 22.3. The Bertz CT molecular complexity index is 1550. The Hall–Kier alpha value is -4.45. The van der Waals surface area contributed by atoms with Gasteiger partial charge in [0.2, 0.25) is 0 Å². The molecule has 198 valence electrons. The van der Waals surface area contributed by atoms with Crippen molar-refractivity contribution in [3.63, 3.8) is 0 Å². The van der Waals surface area contributed by atoms with Gasteiger partial charge in [-0.25, -0.2) is 9.59 Å². The first-order valence-electron chi connectivity index (χ1n) is 13.0. The van der Waals surface area contributed by atoms with E-state index in [4.69, 9.17) is 0 Å². The van der Waals surface area contributed by atoms with Crippen molar-refractivity contribution in [1.29, 1.82) is 0 Å². The van der Waals surface area contributed by atoms with Crippen molar-refractivity contribution in [2.75, 3.05) is 13.1 Å². The van der Waals surface area contributed by atoms with Crippen molar-refractivity contribution in [3.05, 3.63) is 113 Å². The summed E-state index contributed by atoms with van der Waals surface area (Å²) in [7, 11) is 0. The van der Waals surface area contributed by atoms with Crippen LogP contribution in [0.5, 0.6) is 0 Å². The number of amides is 1. The number of carboxylic acids is 2. The van der Waals surface area contributed by atoms with Crippen molar-refractivity contribution < 1.29 is 24.6 Å². The molecule has 0 saturated heterocycles. The molecule has 39 heavy (non-hydrogen) atoms. The number of aromatic carboxylic acids is 2. The van der Waals surface area contributed by atoms with Gasteiger partial charge < -0.3 is 15.1 Å². The lowest BCUT2D eigenvalue weighted by molar-refractivity contribution is 0.0677. The van der Waals surface area contributed by atoms with E-state index in [0.29, 0.717) is 29.8 Å². The van der Waals surface area contributed by atoms with E-state index in [1.54, 1.807) is 54.6 Å². The Morgan fingerprint density at radius 2 is 1.33 bits per heavy atom. The minimum absolute atomic E-state index is 0.126. The Labute approximate surface area is 227 Å². The van der Waals surface area contributed by atoms with E-state index in [1.807, 2.05) is 23.1 Å². The monoisotopic (exact) mass is 521 g/mol. The van der Waals surface area contributed by atoms with Crippen LogP contribution in [0.3, 0.4) is 0 Å². The smallest absolute Gasteiger partial charge is 0.336 e. The summed E-state index contributed by atoms with van der Waals surface area (Å²) in [6.07, 6.45) is 5.12. The number of carboxylic acid groups (broad SMARTS) is 2. The molecular weight excluding hydrogens is 490 g/mol. The molecule has 0 spiro atoms. The summed E-state index contributed by atoms with van der Waals surface area (Å²) in [5.41, 5.74) is 4.88. The van der Waals surface area contributed by atoms with E-state index in [0.717, 1.165) is 17.6 Å². The van der Waals surface area contributed by atoms with Crippen LogP contribution in [0.4, 0.5) is 0 Å². The van der Waals surface area contributed by atoms with Gasteiger partial charge in [0.15, 0.2) is 0 Å². The van der Waals surface area contributed by atoms with Crippen molar-refractivity contribution in [2.45, 2.75) is 27.2 Å². The number of carbonyl (C=O) groups is 3. The molecule has 6 nitrogen and oxygen atoms in total. The first kappa shape index (κ1) is 26.2. The summed E-state index contributed by atoms with van der Waals surface area (Å²) in [6.45, 7) is 7.54. The molecule has 0 bridgehead atoms. The minimum Gasteiger partial charge on any atom is -0.478 e. The summed E-state index contributed by atoms with van der Waals surface area (Å²) in [4.78, 5) is 38.9. The zero-order chi connectivity index (χ0) is 27.9. The molecule has 1 aliphatic carbocycles. The highest BCUT2D eigenvalue weighted by Crippen LogP contribution is 2.55. The second-order valence-corrected chi connectivity index (χ2v) is 11.1. The van der Waals surface area contributed by atoms with Gasteiger partial charge in [-0.1, -0.05) is 87.0 Å². The molecule has 1 aliphatic heterocycles. The first-order chi connectivity index (χ1) is 18.5. The molecule has 2 aliphatic rings. The average molecular weight is 522 g/mol. The standard InChI is InChI=1S/C33H31NO5/c1-32(2)27(21-12-14-22(15-13-21)30(36)37)16-18-33(3)20-34(19-17-28(32)33)29(35)25-10-6-4-8-23(25)24-9-5-7-11-26(24)31(38)39/h4-17H,18-20H2,1-3H3,(H,36,37)(H,38,39)/t33-/m1/s1. The molecule has 3 aromatic rings. The number of carbonyl (C=O) groups excluding carboxylic acids is 1. The molecule has 1 atom stereocenters. The van der Waals surface area contributed by atoms with Gasteiger partial charge in [0, 0.05) is 29.5 Å². The molecule has 0 saturated carbocycles. The summed E-state index contributed by atoms with van der Waals surface area (Å²) in [6, 6.07) is 21.0. The maximum atomic E-state index is 13.9. The lowest BCUT2D eigenvalue weighted by atomic mass is 9.58. The number of fused-ring (bicyclic) bond motifs is 1. The molecule has 0 aromatic heterocycles. The van der Waals surface area contributed by atoms with E-state index >= 15 is 0 Å². The van der Waals surface area contributed by atoms with Crippen LogP contribution in [0.15, 0.2) is 90.5 Å². The van der Waals surface area contributed by atoms with Crippen LogP contribution < -0.4 is 0 Å². The van der Waals surface area contributed by atoms with E-state index < -0.39 is 11.9 Å². The van der Waals surface area contributed by atoms with Crippen LogP contribution >= 0.6 is 0 Å². The third-order valence-electron chi connectivity index (χ3n) is 8.14. The number of hydrogen-bond donors (Lipinski definition) is 2. The predicted molar refractivity (Wildman–Crippen MR) is 151 cm³/mol. The van der Waals surface area contributed by atoms with E-state index in [2.05, 4.69) is 32.9 Å². The third-order valence-corrected chi connectivity index (χ3v) is 8.14. The van der Waals surface area contributed by atoms with Gasteiger partial charge in [0.05, 0.1) is 11.1 Å². The maximum absolute atomic E-state index is 13.9. The molecule has 3 aromatic carbocycles. The highest BCUT2D eigenvalue weighted by Gasteiger charge is 2.46. The molecule has 2 N–H and O–H groups in total. The Kier molecular flexibility index (Phi) is 6.51.